The molecule has 0 aliphatic heterocycles. The maximum atomic E-state index is 11.1. The van der Waals surface area contributed by atoms with Crippen molar-refractivity contribution >= 4 is 34.8 Å². The van der Waals surface area contributed by atoms with E-state index in [2.05, 4.69) is 5.32 Å². The fourth-order valence-electron chi connectivity index (χ4n) is 0.935. The molecule has 0 heterocycles. The fraction of sp³-hybridized carbons (Fsp3) is 0.222. The standard InChI is InChI=1S/C9H9Cl2NO2/c1-14-7-5-3-2-4-6(7)12-9(13)8(10)11/h2-5,8H,1H3,(H,12,13). The number of alkyl halides is 2. The van der Waals surface area contributed by atoms with Crippen LogP contribution in [0.3, 0.4) is 0 Å². The number of rotatable bonds is 3. The number of amides is 1. The molecule has 5 heteroatoms. The van der Waals surface area contributed by atoms with Crippen LogP contribution in [0.1, 0.15) is 0 Å². The zero-order chi connectivity index (χ0) is 10.6. The van der Waals surface area contributed by atoms with Crippen molar-refractivity contribution < 1.29 is 9.53 Å². The van der Waals surface area contributed by atoms with Gasteiger partial charge in [-0.25, -0.2) is 0 Å². The lowest BCUT2D eigenvalue weighted by Crippen LogP contribution is -2.18. The highest BCUT2D eigenvalue weighted by Crippen LogP contribution is 2.23. The summed E-state index contributed by atoms with van der Waals surface area (Å²) in [6.07, 6.45) is 0. The first-order chi connectivity index (χ1) is 6.65. The van der Waals surface area contributed by atoms with Crippen molar-refractivity contribution in [3.63, 3.8) is 0 Å². The van der Waals surface area contributed by atoms with Crippen molar-refractivity contribution in [3.05, 3.63) is 24.3 Å². The van der Waals surface area contributed by atoms with Gasteiger partial charge in [0.1, 0.15) is 5.75 Å². The summed E-state index contributed by atoms with van der Waals surface area (Å²) in [4.78, 5) is 10.1. The molecule has 0 aromatic heterocycles. The molecule has 0 fully saturated rings. The molecular weight excluding hydrogens is 225 g/mol. The Bertz CT molecular complexity index is 328. The molecule has 1 rings (SSSR count). The van der Waals surface area contributed by atoms with Crippen molar-refractivity contribution in [2.75, 3.05) is 12.4 Å². The lowest BCUT2D eigenvalue weighted by molar-refractivity contribution is -0.114. The zero-order valence-electron chi connectivity index (χ0n) is 7.46. The van der Waals surface area contributed by atoms with Crippen molar-refractivity contribution in [2.24, 2.45) is 0 Å². The highest BCUT2D eigenvalue weighted by atomic mass is 35.5. The number of anilines is 1. The molecule has 0 radical (unpaired) electrons. The Hall–Kier alpha value is -0.930. The summed E-state index contributed by atoms with van der Waals surface area (Å²) in [5.74, 6) is 0.0904. The number of hydrogen-bond acceptors (Lipinski definition) is 2. The van der Waals surface area contributed by atoms with Gasteiger partial charge in [-0.15, -0.1) is 0 Å². The van der Waals surface area contributed by atoms with Crippen LogP contribution >= 0.6 is 23.2 Å². The maximum Gasteiger partial charge on any atom is 0.257 e. The van der Waals surface area contributed by atoms with Crippen molar-refractivity contribution in [3.8, 4) is 5.75 Å². The van der Waals surface area contributed by atoms with Gasteiger partial charge in [0, 0.05) is 0 Å². The number of carbonyl (C=O) groups is 1. The third kappa shape index (κ3) is 2.79. The summed E-state index contributed by atoms with van der Waals surface area (Å²) in [7, 11) is 1.52. The predicted molar refractivity (Wildman–Crippen MR) is 57.1 cm³/mol. The minimum absolute atomic E-state index is 0.474. The number of methoxy groups -OCH3 is 1. The molecule has 0 aliphatic carbocycles. The van der Waals surface area contributed by atoms with E-state index < -0.39 is 10.7 Å². The zero-order valence-corrected chi connectivity index (χ0v) is 8.97. The first kappa shape index (κ1) is 11.1. The van der Waals surface area contributed by atoms with Crippen LogP contribution in [-0.2, 0) is 4.79 Å². The van der Waals surface area contributed by atoms with Gasteiger partial charge in [0.25, 0.3) is 5.91 Å². The number of hydrogen-bond donors (Lipinski definition) is 1. The van der Waals surface area contributed by atoms with Crippen LogP contribution in [0.25, 0.3) is 0 Å². The third-order valence-electron chi connectivity index (χ3n) is 1.56. The average molecular weight is 234 g/mol. The van der Waals surface area contributed by atoms with Crippen LogP contribution in [0, 0.1) is 0 Å². The molecule has 0 saturated carbocycles. The topological polar surface area (TPSA) is 38.3 Å². The summed E-state index contributed by atoms with van der Waals surface area (Å²) in [5.41, 5.74) is 0.548. The maximum absolute atomic E-state index is 11.1. The van der Waals surface area contributed by atoms with E-state index in [1.807, 2.05) is 0 Å². The largest absolute Gasteiger partial charge is 0.495 e. The summed E-state index contributed by atoms with van der Waals surface area (Å²) in [6, 6.07) is 7.00. The van der Waals surface area contributed by atoms with E-state index in [1.165, 1.54) is 7.11 Å². The summed E-state index contributed by atoms with van der Waals surface area (Å²) >= 11 is 10.8. The highest BCUT2D eigenvalue weighted by molar-refractivity contribution is 6.54. The molecular formula is C9H9Cl2NO2. The predicted octanol–water partition coefficient (Wildman–Crippen LogP) is 2.44. The van der Waals surface area contributed by atoms with Crippen molar-refractivity contribution in [1.29, 1.82) is 0 Å². The third-order valence-corrected chi connectivity index (χ3v) is 1.96. The molecule has 1 aromatic rings. The van der Waals surface area contributed by atoms with Gasteiger partial charge in [-0.2, -0.15) is 0 Å². The highest BCUT2D eigenvalue weighted by Gasteiger charge is 2.13. The molecule has 1 amide bonds. The van der Waals surface area contributed by atoms with Gasteiger partial charge < -0.3 is 10.1 Å². The molecule has 1 aromatic carbocycles. The number of para-hydroxylation sites is 2. The van der Waals surface area contributed by atoms with Gasteiger partial charge in [-0.1, -0.05) is 35.3 Å². The van der Waals surface area contributed by atoms with Crippen LogP contribution in [-0.4, -0.2) is 17.9 Å². The first-order valence-electron chi connectivity index (χ1n) is 3.87. The van der Waals surface area contributed by atoms with E-state index in [0.29, 0.717) is 11.4 Å². The minimum Gasteiger partial charge on any atom is -0.495 e. The van der Waals surface area contributed by atoms with Crippen molar-refractivity contribution in [1.82, 2.24) is 0 Å². The van der Waals surface area contributed by atoms with E-state index in [9.17, 15) is 4.79 Å². The summed E-state index contributed by atoms with van der Waals surface area (Å²) < 4.78 is 5.03. The number of benzene rings is 1. The van der Waals surface area contributed by atoms with Gasteiger partial charge in [-0.3, -0.25) is 4.79 Å². The fourth-order valence-corrected chi connectivity index (χ4v) is 1.04. The summed E-state index contributed by atoms with van der Waals surface area (Å²) in [6.45, 7) is 0. The van der Waals surface area contributed by atoms with Crippen LogP contribution in [0.15, 0.2) is 24.3 Å². The van der Waals surface area contributed by atoms with E-state index in [-0.39, 0.29) is 0 Å². The van der Waals surface area contributed by atoms with Crippen LogP contribution in [0.2, 0.25) is 0 Å². The minimum atomic E-state index is -1.08. The molecule has 0 bridgehead atoms. The Morgan fingerprint density at radius 3 is 2.64 bits per heavy atom. The summed E-state index contributed by atoms with van der Waals surface area (Å²) in [5, 5.41) is 2.53. The Balaban J connectivity index is 2.80. The van der Waals surface area contributed by atoms with Crippen LogP contribution < -0.4 is 10.1 Å². The van der Waals surface area contributed by atoms with Gasteiger partial charge in [0.05, 0.1) is 12.8 Å². The van der Waals surface area contributed by atoms with Crippen LogP contribution in [0.5, 0.6) is 5.75 Å². The Morgan fingerprint density at radius 2 is 2.07 bits per heavy atom. The quantitative estimate of drug-likeness (QED) is 0.815. The molecule has 14 heavy (non-hydrogen) atoms. The van der Waals surface area contributed by atoms with Gasteiger partial charge in [0.2, 0.25) is 0 Å². The molecule has 0 atom stereocenters. The lowest BCUT2D eigenvalue weighted by atomic mass is 10.3. The SMILES string of the molecule is COc1ccccc1NC(=O)C(Cl)Cl. The molecule has 0 spiro atoms. The smallest absolute Gasteiger partial charge is 0.257 e. The van der Waals surface area contributed by atoms with Crippen molar-refractivity contribution in [2.45, 2.75) is 4.84 Å². The Labute approximate surface area is 92.0 Å². The Kier molecular flexibility index (Phi) is 4.04. The second kappa shape index (κ2) is 5.08. The van der Waals surface area contributed by atoms with E-state index in [1.54, 1.807) is 24.3 Å². The lowest BCUT2D eigenvalue weighted by Gasteiger charge is -2.09. The van der Waals surface area contributed by atoms with Crippen LogP contribution in [0.4, 0.5) is 5.69 Å². The van der Waals surface area contributed by atoms with E-state index in [4.69, 9.17) is 27.9 Å². The number of nitrogens with one attached hydrogen (secondary N) is 1. The number of ether oxygens (including phenoxy) is 1. The molecule has 76 valence electrons. The molecule has 0 aliphatic rings. The Morgan fingerprint density at radius 1 is 1.43 bits per heavy atom. The van der Waals surface area contributed by atoms with Gasteiger partial charge in [0.15, 0.2) is 4.84 Å². The molecule has 3 nitrogen and oxygen atoms in total. The van der Waals surface area contributed by atoms with E-state index >= 15 is 0 Å². The normalized spacial score (nSPS) is 10.0. The number of halogens is 2. The second-order valence-electron chi connectivity index (χ2n) is 2.49. The first-order valence-corrected chi connectivity index (χ1v) is 4.74. The van der Waals surface area contributed by atoms with Gasteiger partial charge in [-0.05, 0) is 12.1 Å². The average Bonchev–Trinajstić information content (AvgIpc) is 2.18. The number of carbonyl (C=O) groups excluding carboxylic acids is 1. The van der Waals surface area contributed by atoms with E-state index in [0.717, 1.165) is 0 Å². The molecule has 0 saturated heterocycles. The van der Waals surface area contributed by atoms with Gasteiger partial charge >= 0.3 is 0 Å². The molecule has 1 N–H and O–H groups in total. The monoisotopic (exact) mass is 233 g/mol. The molecule has 0 unspecified atom stereocenters. The second-order valence-corrected chi connectivity index (χ2v) is 3.59.